The summed E-state index contributed by atoms with van der Waals surface area (Å²) in [7, 11) is 0. The molecule has 0 aliphatic carbocycles. The van der Waals surface area contributed by atoms with Crippen molar-refractivity contribution in [1.29, 1.82) is 0 Å². The first-order valence-electron chi connectivity index (χ1n) is 19.9. The summed E-state index contributed by atoms with van der Waals surface area (Å²) < 4.78 is 0. The summed E-state index contributed by atoms with van der Waals surface area (Å²) in [4.78, 5) is 141. The number of carboxylic acids is 3. The third-order valence-electron chi connectivity index (χ3n) is 9.77. The normalized spacial score (nSPS) is 15.7. The maximum atomic E-state index is 14.5. The van der Waals surface area contributed by atoms with Crippen molar-refractivity contribution in [3.63, 3.8) is 0 Å². The maximum absolute atomic E-state index is 14.5. The van der Waals surface area contributed by atoms with Gasteiger partial charge in [-0.15, -0.1) is 0 Å². The lowest BCUT2D eigenvalue weighted by molar-refractivity contribution is -0.147. The molecule has 0 aromatic heterocycles. The highest BCUT2D eigenvalue weighted by atomic mass is 16.4. The fraction of sp³-hybridized carbons (Fsp3) is 0.575. The molecule has 0 saturated heterocycles. The molecule has 0 spiro atoms. The number of rotatable bonds is 24. The summed E-state index contributed by atoms with van der Waals surface area (Å²) in [5.41, 5.74) is 1.43. The van der Waals surface area contributed by atoms with Crippen LogP contribution in [0.25, 0.3) is 0 Å². The first-order chi connectivity index (χ1) is 28.6. The number of hydrogen-bond acceptors (Lipinski definition) is 11. The van der Waals surface area contributed by atoms with Crippen LogP contribution in [0.3, 0.4) is 0 Å². The standard InChI is InChI=1S/C40H57N7O14/c1-7-10-25(34(55)39(60)41-18-31(53)54)43-37(58)28-17-23-11-8-9-12-24(23)19-47(28)40(61)33(21(4)5)46-38(59)32(20(2)3)45-36(57)27(14-16-30(51)52)44-35(56)26(42-22(6)48)13-15-29(49)50/h8-9,11-12,20-21,25-28,32-33H,7,10,13-19H2,1-6H3,(H,41,60)(H,42,48)(H,43,58)(H,44,56)(H,45,57)(H,46,59)(H,49,50)(H,51,52)(H,53,54)/t25-,26-,27-,28?,32-,33-/m0/s1. The molecule has 1 aliphatic heterocycles. The van der Waals surface area contributed by atoms with Crippen LogP contribution in [0, 0.1) is 11.8 Å². The summed E-state index contributed by atoms with van der Waals surface area (Å²) in [6.45, 7) is 8.33. The van der Waals surface area contributed by atoms with E-state index in [1.165, 1.54) is 4.90 Å². The van der Waals surface area contributed by atoms with E-state index in [4.69, 9.17) is 10.2 Å². The topological polar surface area (TPSA) is 324 Å². The Labute approximate surface area is 352 Å². The summed E-state index contributed by atoms with van der Waals surface area (Å²) in [6.07, 6.45) is -1.53. The van der Waals surface area contributed by atoms with Gasteiger partial charge in [-0.3, -0.25) is 52.7 Å². The van der Waals surface area contributed by atoms with E-state index in [1.807, 2.05) is 5.32 Å². The molecule has 0 radical (unpaired) electrons. The number of fused-ring (bicyclic) bond motifs is 1. The van der Waals surface area contributed by atoms with Gasteiger partial charge in [-0.25, -0.2) is 0 Å². The number of nitrogens with zero attached hydrogens (tertiary/aromatic N) is 1. The highest BCUT2D eigenvalue weighted by molar-refractivity contribution is 6.38. The highest BCUT2D eigenvalue weighted by Crippen LogP contribution is 2.26. The third kappa shape index (κ3) is 15.9. The van der Waals surface area contributed by atoms with Gasteiger partial charge in [0, 0.05) is 32.7 Å². The lowest BCUT2D eigenvalue weighted by Crippen LogP contribution is -2.63. The van der Waals surface area contributed by atoms with Crippen LogP contribution in [-0.2, 0) is 65.7 Å². The molecule has 21 nitrogen and oxygen atoms in total. The molecular weight excluding hydrogens is 802 g/mol. The van der Waals surface area contributed by atoms with Gasteiger partial charge in [-0.1, -0.05) is 65.3 Å². The van der Waals surface area contributed by atoms with E-state index < -0.39 is 139 Å². The number of aliphatic carboxylic acids is 3. The largest absolute Gasteiger partial charge is 0.481 e. The van der Waals surface area contributed by atoms with Gasteiger partial charge >= 0.3 is 17.9 Å². The van der Waals surface area contributed by atoms with E-state index in [2.05, 4.69) is 26.6 Å². The molecule has 0 fully saturated rings. The lowest BCUT2D eigenvalue weighted by Gasteiger charge is -2.39. The molecule has 0 bridgehead atoms. The second kappa shape index (κ2) is 24.0. The van der Waals surface area contributed by atoms with Crippen LogP contribution in [0.5, 0.6) is 0 Å². The quantitative estimate of drug-likeness (QED) is 0.0564. The lowest BCUT2D eigenvalue weighted by atomic mass is 9.91. The number of Topliss-reactive ketones (excluding diaryl/α,β-unsaturated/α-hetero) is 1. The van der Waals surface area contributed by atoms with Crippen molar-refractivity contribution < 1.29 is 68.1 Å². The molecule has 1 aliphatic rings. The van der Waals surface area contributed by atoms with Crippen molar-refractivity contribution in [3.05, 3.63) is 35.4 Å². The van der Waals surface area contributed by atoms with Crippen LogP contribution in [-0.4, -0.2) is 128 Å². The Morgan fingerprint density at radius 2 is 1.18 bits per heavy atom. The monoisotopic (exact) mass is 859 g/mol. The molecule has 2 rings (SSSR count). The Bertz CT molecular complexity index is 1830. The van der Waals surface area contributed by atoms with Gasteiger partial charge in [0.1, 0.15) is 36.8 Å². The minimum atomic E-state index is -1.55. The fourth-order valence-electron chi connectivity index (χ4n) is 6.53. The first-order valence-corrected chi connectivity index (χ1v) is 19.9. The zero-order valence-electron chi connectivity index (χ0n) is 35.1. The number of benzene rings is 1. The van der Waals surface area contributed by atoms with Gasteiger partial charge in [0.25, 0.3) is 5.91 Å². The number of amides is 7. The predicted octanol–water partition coefficient (Wildman–Crippen LogP) is -1.00. The minimum absolute atomic E-state index is 0.00200. The number of nitrogens with one attached hydrogen (secondary N) is 6. The Kier molecular flexibility index (Phi) is 20.0. The average molecular weight is 860 g/mol. The Hall–Kier alpha value is -6.41. The molecule has 61 heavy (non-hydrogen) atoms. The van der Waals surface area contributed by atoms with Crippen molar-refractivity contribution in [2.75, 3.05) is 6.54 Å². The first kappa shape index (κ1) is 50.7. The van der Waals surface area contributed by atoms with Crippen molar-refractivity contribution in [2.24, 2.45) is 11.8 Å². The minimum Gasteiger partial charge on any atom is -0.481 e. The van der Waals surface area contributed by atoms with Gasteiger partial charge in [-0.05, 0) is 42.2 Å². The molecule has 1 heterocycles. The zero-order chi connectivity index (χ0) is 46.1. The van der Waals surface area contributed by atoms with E-state index in [0.717, 1.165) is 12.5 Å². The van der Waals surface area contributed by atoms with Crippen molar-refractivity contribution in [3.8, 4) is 0 Å². The summed E-state index contributed by atoms with van der Waals surface area (Å²) >= 11 is 0. The summed E-state index contributed by atoms with van der Waals surface area (Å²) in [6, 6.07) is -1.15. The van der Waals surface area contributed by atoms with E-state index in [0.29, 0.717) is 12.0 Å². The average Bonchev–Trinajstić information content (AvgIpc) is 3.18. The van der Waals surface area contributed by atoms with Crippen molar-refractivity contribution in [2.45, 2.75) is 129 Å². The van der Waals surface area contributed by atoms with Crippen molar-refractivity contribution >= 4 is 65.0 Å². The molecule has 21 heteroatoms. The van der Waals surface area contributed by atoms with Crippen LogP contribution in [0.15, 0.2) is 24.3 Å². The third-order valence-corrected chi connectivity index (χ3v) is 9.77. The van der Waals surface area contributed by atoms with Crippen LogP contribution in [0.2, 0.25) is 0 Å². The van der Waals surface area contributed by atoms with E-state index in [1.54, 1.807) is 58.9 Å². The zero-order valence-corrected chi connectivity index (χ0v) is 35.1. The predicted molar refractivity (Wildman–Crippen MR) is 214 cm³/mol. The summed E-state index contributed by atoms with van der Waals surface area (Å²) in [5, 5.41) is 41.8. The fourth-order valence-corrected chi connectivity index (χ4v) is 6.53. The second-order valence-corrected chi connectivity index (χ2v) is 15.4. The Balaban J connectivity index is 2.41. The molecule has 7 amide bonds. The molecule has 0 saturated carbocycles. The molecule has 1 aromatic carbocycles. The van der Waals surface area contributed by atoms with Crippen LogP contribution < -0.4 is 31.9 Å². The van der Waals surface area contributed by atoms with Gasteiger partial charge in [0.05, 0.1) is 6.04 Å². The smallest absolute Gasteiger partial charge is 0.322 e. The van der Waals surface area contributed by atoms with Crippen LogP contribution in [0.1, 0.15) is 91.2 Å². The molecule has 336 valence electrons. The van der Waals surface area contributed by atoms with E-state index in [9.17, 15) is 57.8 Å². The van der Waals surface area contributed by atoms with E-state index in [-0.39, 0.29) is 25.8 Å². The molecule has 6 atom stereocenters. The SMILES string of the molecule is CCC[C@H](NC(=O)C1Cc2ccccc2CN1C(=O)[C@@H](NC(=O)[C@@H](NC(=O)[C@H](CCC(=O)O)NC(=O)[C@H](CCC(=O)O)NC(C)=O)C(C)C)C(C)C)C(=O)C(=O)NCC(=O)O. The molecule has 9 N–H and O–H groups in total. The maximum Gasteiger partial charge on any atom is 0.322 e. The van der Waals surface area contributed by atoms with E-state index >= 15 is 0 Å². The Morgan fingerprint density at radius 1 is 0.656 bits per heavy atom. The van der Waals surface area contributed by atoms with Gasteiger partial charge < -0.3 is 52.1 Å². The number of ketones is 1. The number of carboxylic acid groups (broad SMARTS) is 3. The van der Waals surface area contributed by atoms with Crippen molar-refractivity contribution in [1.82, 2.24) is 36.8 Å². The second-order valence-electron chi connectivity index (χ2n) is 15.4. The number of carbonyl (C=O) groups is 11. The molecule has 1 aromatic rings. The van der Waals surface area contributed by atoms with Crippen LogP contribution >= 0.6 is 0 Å². The molecular formula is C40H57N7O14. The molecule has 1 unspecified atom stereocenters. The van der Waals surface area contributed by atoms with Gasteiger partial charge in [0.15, 0.2) is 0 Å². The van der Waals surface area contributed by atoms with Gasteiger partial charge in [0.2, 0.25) is 41.2 Å². The van der Waals surface area contributed by atoms with Crippen LogP contribution in [0.4, 0.5) is 0 Å². The highest BCUT2D eigenvalue weighted by Gasteiger charge is 2.41. The summed E-state index contributed by atoms with van der Waals surface area (Å²) in [5.74, 6) is -12.4. The number of carbonyl (C=O) groups excluding carboxylic acids is 8. The van der Waals surface area contributed by atoms with Gasteiger partial charge in [-0.2, -0.15) is 0 Å². The Morgan fingerprint density at radius 3 is 1.69 bits per heavy atom. The number of hydrogen-bond donors (Lipinski definition) is 9.